The molecule has 2 aliphatic rings. The Bertz CT molecular complexity index is 616. The topological polar surface area (TPSA) is 52.7 Å². The van der Waals surface area contributed by atoms with E-state index >= 15 is 0 Å². The Balaban J connectivity index is 1.67. The normalized spacial score (nSPS) is 21.8. The van der Waals surface area contributed by atoms with Crippen LogP contribution in [0.25, 0.3) is 0 Å². The minimum atomic E-state index is -0.0540. The number of nitrogens with one attached hydrogen (secondary N) is 1. The van der Waals surface area contributed by atoms with Gasteiger partial charge in [-0.15, -0.1) is 0 Å². The summed E-state index contributed by atoms with van der Waals surface area (Å²) in [7, 11) is 0. The van der Waals surface area contributed by atoms with Gasteiger partial charge >= 0.3 is 0 Å². The van der Waals surface area contributed by atoms with Gasteiger partial charge in [0.05, 0.1) is 5.92 Å². The number of benzene rings is 1. The predicted molar refractivity (Wildman–Crippen MR) is 98.6 cm³/mol. The number of hydrogen-bond donors (Lipinski definition) is 1. The van der Waals surface area contributed by atoms with Gasteiger partial charge in [-0.2, -0.15) is 0 Å². The fourth-order valence-corrected chi connectivity index (χ4v) is 3.97. The summed E-state index contributed by atoms with van der Waals surface area (Å²) in [6, 6.07) is 5.97. The molecule has 5 nitrogen and oxygen atoms in total. The van der Waals surface area contributed by atoms with Crippen LogP contribution in [0.5, 0.6) is 0 Å². The number of hydrogen-bond acceptors (Lipinski definition) is 3. The third-order valence-corrected chi connectivity index (χ3v) is 5.18. The van der Waals surface area contributed by atoms with Crippen molar-refractivity contribution in [3.63, 3.8) is 0 Å². The van der Waals surface area contributed by atoms with Crippen molar-refractivity contribution < 1.29 is 9.59 Å². The first-order chi connectivity index (χ1) is 12.0. The maximum absolute atomic E-state index is 12.9. The summed E-state index contributed by atoms with van der Waals surface area (Å²) in [6.07, 6.45) is 2.79. The highest BCUT2D eigenvalue weighted by atomic mass is 16.2. The summed E-state index contributed by atoms with van der Waals surface area (Å²) in [4.78, 5) is 29.6. The first kappa shape index (κ1) is 17.9. The highest BCUT2D eigenvalue weighted by molar-refractivity contribution is 5.95. The van der Waals surface area contributed by atoms with E-state index in [2.05, 4.69) is 11.4 Å². The highest BCUT2D eigenvalue weighted by Crippen LogP contribution is 2.22. The maximum atomic E-state index is 12.9. The second-order valence-corrected chi connectivity index (χ2v) is 7.40. The molecule has 5 heteroatoms. The molecule has 1 N–H and O–H groups in total. The summed E-state index contributed by atoms with van der Waals surface area (Å²) < 4.78 is 0. The Morgan fingerprint density at radius 2 is 1.68 bits per heavy atom. The fourth-order valence-electron chi connectivity index (χ4n) is 3.97. The summed E-state index contributed by atoms with van der Waals surface area (Å²) in [5, 5.41) is 3.34. The number of carbonyl (C=O) groups excluding carboxylic acids is 2. The molecule has 2 amide bonds. The molecular weight excluding hydrogens is 314 g/mol. The monoisotopic (exact) mass is 343 g/mol. The van der Waals surface area contributed by atoms with Crippen LogP contribution in [0, 0.1) is 19.8 Å². The van der Waals surface area contributed by atoms with Crippen LogP contribution in [0.4, 0.5) is 0 Å². The summed E-state index contributed by atoms with van der Waals surface area (Å²) >= 11 is 0. The van der Waals surface area contributed by atoms with Gasteiger partial charge in [0.2, 0.25) is 5.91 Å². The molecule has 1 unspecified atom stereocenters. The van der Waals surface area contributed by atoms with E-state index in [9.17, 15) is 9.59 Å². The lowest BCUT2D eigenvalue weighted by Crippen LogP contribution is -2.47. The first-order valence-corrected chi connectivity index (χ1v) is 9.41. The van der Waals surface area contributed by atoms with Gasteiger partial charge < -0.3 is 15.1 Å². The highest BCUT2D eigenvalue weighted by Gasteiger charge is 2.31. The van der Waals surface area contributed by atoms with E-state index in [0.717, 1.165) is 68.7 Å². The van der Waals surface area contributed by atoms with Crippen LogP contribution in [0.1, 0.15) is 40.7 Å². The van der Waals surface area contributed by atoms with Gasteiger partial charge in [0.15, 0.2) is 0 Å². The van der Waals surface area contributed by atoms with Gasteiger partial charge in [0.1, 0.15) is 0 Å². The smallest absolute Gasteiger partial charge is 0.253 e. The zero-order valence-electron chi connectivity index (χ0n) is 15.4. The van der Waals surface area contributed by atoms with Crippen molar-refractivity contribution in [3.8, 4) is 0 Å². The minimum Gasteiger partial charge on any atom is -0.341 e. The van der Waals surface area contributed by atoms with E-state index < -0.39 is 0 Å². The van der Waals surface area contributed by atoms with Crippen molar-refractivity contribution in [2.45, 2.75) is 33.1 Å². The predicted octanol–water partition coefficient (Wildman–Crippen LogP) is 1.98. The summed E-state index contributed by atoms with van der Waals surface area (Å²) in [6.45, 7) is 8.77. The lowest BCUT2D eigenvalue weighted by molar-refractivity contribution is -0.136. The molecule has 136 valence electrons. The molecule has 0 spiro atoms. The van der Waals surface area contributed by atoms with Crippen LogP contribution in [-0.4, -0.2) is 60.9 Å². The maximum Gasteiger partial charge on any atom is 0.253 e. The van der Waals surface area contributed by atoms with Crippen molar-refractivity contribution in [3.05, 3.63) is 34.9 Å². The largest absolute Gasteiger partial charge is 0.341 e. The van der Waals surface area contributed by atoms with Gasteiger partial charge in [-0.05, 0) is 51.8 Å². The zero-order chi connectivity index (χ0) is 17.8. The molecule has 25 heavy (non-hydrogen) atoms. The van der Waals surface area contributed by atoms with Crippen molar-refractivity contribution >= 4 is 11.8 Å². The number of piperidine rings is 1. The van der Waals surface area contributed by atoms with Gasteiger partial charge in [-0.25, -0.2) is 0 Å². The molecular formula is C20H29N3O2. The molecule has 0 saturated carbocycles. The molecule has 2 fully saturated rings. The molecule has 0 aliphatic carbocycles. The number of nitrogens with zero attached hydrogens (tertiary/aromatic N) is 2. The quantitative estimate of drug-likeness (QED) is 0.893. The Morgan fingerprint density at radius 1 is 0.960 bits per heavy atom. The van der Waals surface area contributed by atoms with Crippen molar-refractivity contribution in [2.75, 3.05) is 39.3 Å². The van der Waals surface area contributed by atoms with Crippen LogP contribution < -0.4 is 5.32 Å². The molecule has 1 aromatic carbocycles. The molecule has 0 aromatic heterocycles. The molecule has 1 atom stereocenters. The SMILES string of the molecule is Cc1cc(C)cc(C(=O)N2CCCC(C(=O)N3CCCNCC3)C2)c1. The number of aryl methyl sites for hydroxylation is 2. The molecule has 2 saturated heterocycles. The molecule has 0 bridgehead atoms. The van der Waals surface area contributed by atoms with Crippen molar-refractivity contribution in [1.82, 2.24) is 15.1 Å². The van der Waals surface area contributed by atoms with Crippen LogP contribution in [0.15, 0.2) is 18.2 Å². The fraction of sp³-hybridized carbons (Fsp3) is 0.600. The summed E-state index contributed by atoms with van der Waals surface area (Å²) in [5.41, 5.74) is 2.94. The molecule has 0 radical (unpaired) electrons. The van der Waals surface area contributed by atoms with Crippen molar-refractivity contribution in [2.24, 2.45) is 5.92 Å². The second kappa shape index (κ2) is 8.00. The van der Waals surface area contributed by atoms with E-state index in [1.807, 2.05) is 35.8 Å². The Hall–Kier alpha value is -1.88. The molecule has 2 aliphatic heterocycles. The Labute approximate surface area is 150 Å². The number of rotatable bonds is 2. The molecule has 3 rings (SSSR count). The van der Waals surface area contributed by atoms with Crippen LogP contribution in [0.3, 0.4) is 0 Å². The Kier molecular flexibility index (Phi) is 5.74. The van der Waals surface area contributed by atoms with E-state index in [1.165, 1.54) is 0 Å². The lowest BCUT2D eigenvalue weighted by atomic mass is 9.95. The van der Waals surface area contributed by atoms with Crippen LogP contribution >= 0.6 is 0 Å². The first-order valence-electron chi connectivity index (χ1n) is 9.41. The third kappa shape index (κ3) is 4.40. The number of carbonyl (C=O) groups is 2. The molecule has 1 aromatic rings. The number of likely N-dealkylation sites (tertiary alicyclic amines) is 1. The minimum absolute atomic E-state index is 0.0540. The van der Waals surface area contributed by atoms with Gasteiger partial charge in [0.25, 0.3) is 5.91 Å². The Morgan fingerprint density at radius 3 is 2.44 bits per heavy atom. The third-order valence-electron chi connectivity index (χ3n) is 5.18. The number of amides is 2. The zero-order valence-corrected chi connectivity index (χ0v) is 15.4. The van der Waals surface area contributed by atoms with Gasteiger partial charge in [0, 0.05) is 38.3 Å². The second-order valence-electron chi connectivity index (χ2n) is 7.40. The standard InChI is InChI=1S/C20H29N3O2/c1-15-11-16(2)13-18(12-15)20(25)23-8-3-5-17(14-23)19(24)22-9-4-6-21-7-10-22/h11-13,17,21H,3-10,14H2,1-2H3. The van der Waals surface area contributed by atoms with E-state index in [4.69, 9.17) is 0 Å². The average molecular weight is 343 g/mol. The van der Waals surface area contributed by atoms with E-state index in [0.29, 0.717) is 6.54 Å². The van der Waals surface area contributed by atoms with Crippen LogP contribution in [0.2, 0.25) is 0 Å². The van der Waals surface area contributed by atoms with Crippen molar-refractivity contribution in [1.29, 1.82) is 0 Å². The lowest BCUT2D eigenvalue weighted by Gasteiger charge is -2.35. The van der Waals surface area contributed by atoms with Gasteiger partial charge in [-0.1, -0.05) is 17.2 Å². The van der Waals surface area contributed by atoms with Crippen LogP contribution in [-0.2, 0) is 4.79 Å². The summed E-state index contributed by atoms with van der Waals surface area (Å²) in [5.74, 6) is 0.227. The van der Waals surface area contributed by atoms with E-state index in [1.54, 1.807) is 0 Å². The average Bonchev–Trinajstić information content (AvgIpc) is 2.89. The molecule has 2 heterocycles. The van der Waals surface area contributed by atoms with E-state index in [-0.39, 0.29) is 17.7 Å². The van der Waals surface area contributed by atoms with Gasteiger partial charge in [-0.3, -0.25) is 9.59 Å².